The number of nitrogen functional groups attached to an aromatic ring is 1. The van der Waals surface area contributed by atoms with Gasteiger partial charge in [0.25, 0.3) is 0 Å². The second-order valence-corrected chi connectivity index (χ2v) is 8.24. The van der Waals surface area contributed by atoms with E-state index in [-0.39, 0.29) is 20.9 Å². The molecule has 142 valence electrons. The van der Waals surface area contributed by atoms with Gasteiger partial charge in [-0.2, -0.15) is 0 Å². The Morgan fingerprint density at radius 2 is 1.93 bits per heavy atom. The number of nitrogens with two attached hydrogens (primary N) is 1. The SMILES string of the molecule is Nc1nc([Se]Cc2ccccc2)c2ncn([C@@H]3O[C@H](CO)[C@@H](O)[C@H]3O)c2n1. The zero-order chi connectivity index (χ0) is 19.0. The van der Waals surface area contributed by atoms with Gasteiger partial charge in [0.2, 0.25) is 0 Å². The molecule has 0 bridgehead atoms. The summed E-state index contributed by atoms with van der Waals surface area (Å²) in [7, 11) is 0. The van der Waals surface area contributed by atoms with E-state index < -0.39 is 31.1 Å². The van der Waals surface area contributed by atoms with E-state index in [9.17, 15) is 15.3 Å². The van der Waals surface area contributed by atoms with Crippen LogP contribution in [0.1, 0.15) is 11.8 Å². The summed E-state index contributed by atoms with van der Waals surface area (Å²) >= 11 is -0.0157. The zero-order valence-electron chi connectivity index (χ0n) is 14.2. The van der Waals surface area contributed by atoms with Crippen molar-refractivity contribution in [2.75, 3.05) is 12.3 Å². The average Bonchev–Trinajstić information content (AvgIpc) is 3.22. The first-order valence-electron chi connectivity index (χ1n) is 8.37. The van der Waals surface area contributed by atoms with Gasteiger partial charge < -0.3 is 0 Å². The van der Waals surface area contributed by atoms with Crippen LogP contribution in [0.3, 0.4) is 0 Å². The summed E-state index contributed by atoms with van der Waals surface area (Å²) in [6.45, 7) is -0.399. The molecule has 2 aromatic heterocycles. The second-order valence-electron chi connectivity index (χ2n) is 6.21. The van der Waals surface area contributed by atoms with Gasteiger partial charge in [0.15, 0.2) is 0 Å². The monoisotopic (exact) mass is 437 g/mol. The number of anilines is 1. The normalized spacial score (nSPS) is 25.3. The number of aliphatic hydroxyl groups is 3. The molecular weight excluding hydrogens is 417 g/mol. The fourth-order valence-corrected chi connectivity index (χ4v) is 4.99. The number of rotatable bonds is 5. The molecule has 5 N–H and O–H groups in total. The van der Waals surface area contributed by atoms with E-state index in [0.717, 1.165) is 9.91 Å². The van der Waals surface area contributed by atoms with E-state index in [1.54, 1.807) is 0 Å². The van der Waals surface area contributed by atoms with Crippen molar-refractivity contribution in [3.8, 4) is 0 Å². The first kappa shape index (κ1) is 18.3. The molecule has 1 saturated heterocycles. The molecule has 0 saturated carbocycles. The minimum absolute atomic E-state index is 0.0157. The van der Waals surface area contributed by atoms with Crippen molar-refractivity contribution < 1.29 is 20.1 Å². The van der Waals surface area contributed by atoms with Gasteiger partial charge in [-0.05, 0) is 0 Å². The number of aromatic nitrogens is 4. The molecule has 0 radical (unpaired) electrons. The fraction of sp³-hybridized carbons (Fsp3) is 0.353. The van der Waals surface area contributed by atoms with E-state index in [2.05, 4.69) is 27.1 Å². The predicted molar refractivity (Wildman–Crippen MR) is 98.3 cm³/mol. The summed E-state index contributed by atoms with van der Waals surface area (Å²) in [6.07, 6.45) is -2.71. The quantitative estimate of drug-likeness (QED) is 0.357. The van der Waals surface area contributed by atoms with Crippen molar-refractivity contribution >= 4 is 36.7 Å². The first-order chi connectivity index (χ1) is 13.1. The number of aliphatic hydroxyl groups excluding tert-OH is 3. The molecule has 4 atom stereocenters. The second kappa shape index (κ2) is 7.51. The van der Waals surface area contributed by atoms with E-state index in [1.807, 2.05) is 18.2 Å². The van der Waals surface area contributed by atoms with Gasteiger partial charge in [-0.1, -0.05) is 0 Å². The summed E-state index contributed by atoms with van der Waals surface area (Å²) in [5.74, 6) is 0.112. The van der Waals surface area contributed by atoms with Crippen molar-refractivity contribution in [3.05, 3.63) is 42.2 Å². The molecule has 9 nitrogen and oxygen atoms in total. The number of benzene rings is 1. The number of ether oxygens (including phenoxy) is 1. The Kier molecular flexibility index (Phi) is 5.09. The van der Waals surface area contributed by atoms with Crippen LogP contribution >= 0.6 is 0 Å². The molecule has 1 aromatic carbocycles. The summed E-state index contributed by atoms with van der Waals surface area (Å²) < 4.78 is 7.86. The van der Waals surface area contributed by atoms with Crippen LogP contribution in [0.15, 0.2) is 36.7 Å². The van der Waals surface area contributed by atoms with Crippen LogP contribution in [0.4, 0.5) is 5.95 Å². The van der Waals surface area contributed by atoms with E-state index in [1.165, 1.54) is 16.5 Å². The number of imidazole rings is 1. The first-order valence-corrected chi connectivity index (χ1v) is 10.4. The summed E-state index contributed by atoms with van der Waals surface area (Å²) in [4.78, 5) is 13.0. The standard InChI is InChI=1S/C17H19N5O4Se/c18-17-20-14-11(15(21-17)27-7-9-4-2-1-3-5-9)19-8-22(14)16-13(25)12(24)10(6-23)26-16/h1-5,8,10,12-13,16,23-25H,6-7H2,(H2,18,20,21)/t10-,12-,13-,16-/m1/s1. The van der Waals surface area contributed by atoms with Crippen molar-refractivity contribution in [1.82, 2.24) is 19.5 Å². The maximum atomic E-state index is 10.3. The van der Waals surface area contributed by atoms with Crippen LogP contribution in [0.2, 0.25) is 0 Å². The van der Waals surface area contributed by atoms with Crippen LogP contribution in [-0.4, -0.2) is 74.7 Å². The van der Waals surface area contributed by atoms with Gasteiger partial charge in [0, 0.05) is 0 Å². The van der Waals surface area contributed by atoms with Gasteiger partial charge in [0.05, 0.1) is 0 Å². The number of hydrogen-bond donors (Lipinski definition) is 4. The Morgan fingerprint density at radius 1 is 1.15 bits per heavy atom. The molecular formula is C17H19N5O4Se. The van der Waals surface area contributed by atoms with Crippen molar-refractivity contribution in [3.63, 3.8) is 0 Å². The molecule has 0 spiro atoms. The van der Waals surface area contributed by atoms with Gasteiger partial charge >= 0.3 is 161 Å². The third-order valence-corrected chi connectivity index (χ3v) is 6.59. The van der Waals surface area contributed by atoms with Crippen LogP contribution in [0.25, 0.3) is 11.2 Å². The third kappa shape index (κ3) is 3.43. The van der Waals surface area contributed by atoms with E-state index in [0.29, 0.717) is 11.2 Å². The molecule has 0 unspecified atom stereocenters. The molecule has 1 aliphatic rings. The third-order valence-electron chi connectivity index (χ3n) is 4.42. The topological polar surface area (TPSA) is 140 Å². The molecule has 4 rings (SSSR count). The molecule has 1 fully saturated rings. The van der Waals surface area contributed by atoms with Crippen LogP contribution in [-0.2, 0) is 10.1 Å². The zero-order valence-corrected chi connectivity index (χ0v) is 15.9. The molecule has 0 aliphatic carbocycles. The van der Waals surface area contributed by atoms with Gasteiger partial charge in [-0.15, -0.1) is 0 Å². The predicted octanol–water partition coefficient (Wildman–Crippen LogP) is -1.45. The Balaban J connectivity index is 1.66. The van der Waals surface area contributed by atoms with E-state index >= 15 is 0 Å². The molecule has 3 aromatic rings. The molecule has 0 amide bonds. The Bertz CT molecular complexity index is 938. The van der Waals surface area contributed by atoms with Crippen LogP contribution in [0, 0.1) is 0 Å². The van der Waals surface area contributed by atoms with Crippen LogP contribution in [0.5, 0.6) is 0 Å². The van der Waals surface area contributed by atoms with Gasteiger partial charge in [-0.3, -0.25) is 0 Å². The summed E-state index contributed by atoms with van der Waals surface area (Å²) in [5.41, 5.74) is 8.12. The summed E-state index contributed by atoms with van der Waals surface area (Å²) in [6, 6.07) is 10.1. The van der Waals surface area contributed by atoms with Crippen LogP contribution < -0.4 is 10.3 Å². The number of nitrogens with zero attached hydrogens (tertiary/aromatic N) is 4. The maximum absolute atomic E-state index is 10.3. The molecule has 3 heterocycles. The Labute approximate surface area is 161 Å². The van der Waals surface area contributed by atoms with Crippen molar-refractivity contribution in [2.45, 2.75) is 29.9 Å². The summed E-state index contributed by atoms with van der Waals surface area (Å²) in [5, 5.41) is 30.4. The fourth-order valence-electron chi connectivity index (χ4n) is 3.03. The molecule has 10 heteroatoms. The molecule has 1 aliphatic heterocycles. The van der Waals surface area contributed by atoms with Gasteiger partial charge in [-0.25, -0.2) is 0 Å². The Hall–Kier alpha value is -2.07. The molecule has 27 heavy (non-hydrogen) atoms. The average molecular weight is 436 g/mol. The van der Waals surface area contributed by atoms with Crippen molar-refractivity contribution in [2.24, 2.45) is 0 Å². The van der Waals surface area contributed by atoms with Gasteiger partial charge in [0.1, 0.15) is 0 Å². The number of hydrogen-bond acceptors (Lipinski definition) is 8. The van der Waals surface area contributed by atoms with Crippen molar-refractivity contribution in [1.29, 1.82) is 0 Å². The minimum atomic E-state index is -1.21. The Morgan fingerprint density at radius 3 is 2.63 bits per heavy atom. The number of fused-ring (bicyclic) bond motifs is 1. The van der Waals surface area contributed by atoms with E-state index in [4.69, 9.17) is 10.5 Å².